The first-order valence-electron chi connectivity index (χ1n) is 7.02. The lowest BCUT2D eigenvalue weighted by molar-refractivity contribution is 0.179. The summed E-state index contributed by atoms with van der Waals surface area (Å²) in [6.07, 6.45) is 1.16. The number of ether oxygens (including phenoxy) is 1. The van der Waals surface area contributed by atoms with Crippen LogP contribution in [0.1, 0.15) is 17.4 Å². The number of hydrogen-bond acceptors (Lipinski definition) is 4. The summed E-state index contributed by atoms with van der Waals surface area (Å²) in [7, 11) is 1.68. The van der Waals surface area contributed by atoms with Gasteiger partial charge in [-0.05, 0) is 30.4 Å². The SMILES string of the molecule is COCC(C)NC(N)=NCCN1CCc2sccc2C1. The fourth-order valence-electron chi connectivity index (χ4n) is 2.40. The molecular formula is C14H24N4OS. The van der Waals surface area contributed by atoms with Crippen molar-refractivity contribution in [2.75, 3.05) is 33.4 Å². The number of nitrogens with zero attached hydrogens (tertiary/aromatic N) is 2. The van der Waals surface area contributed by atoms with Crippen LogP contribution in [0.5, 0.6) is 0 Å². The number of fused-ring (bicyclic) bond motifs is 1. The Kier molecular flexibility index (Phi) is 5.82. The average molecular weight is 296 g/mol. The van der Waals surface area contributed by atoms with Gasteiger partial charge in [-0.1, -0.05) is 0 Å². The van der Waals surface area contributed by atoms with Crippen LogP contribution in [0.3, 0.4) is 0 Å². The molecule has 1 unspecified atom stereocenters. The molecule has 0 saturated heterocycles. The molecule has 1 atom stereocenters. The van der Waals surface area contributed by atoms with E-state index in [2.05, 4.69) is 26.7 Å². The first-order chi connectivity index (χ1) is 9.69. The highest BCUT2D eigenvalue weighted by molar-refractivity contribution is 7.10. The lowest BCUT2D eigenvalue weighted by Crippen LogP contribution is -2.41. The van der Waals surface area contributed by atoms with E-state index in [1.807, 2.05) is 18.3 Å². The van der Waals surface area contributed by atoms with Gasteiger partial charge in [0.15, 0.2) is 5.96 Å². The molecule has 1 aromatic heterocycles. The van der Waals surface area contributed by atoms with Gasteiger partial charge in [0.1, 0.15) is 0 Å². The Hall–Kier alpha value is -1.11. The Morgan fingerprint density at radius 2 is 2.50 bits per heavy atom. The zero-order valence-corrected chi connectivity index (χ0v) is 13.1. The zero-order valence-electron chi connectivity index (χ0n) is 12.3. The smallest absolute Gasteiger partial charge is 0.188 e. The van der Waals surface area contributed by atoms with Gasteiger partial charge < -0.3 is 15.8 Å². The fraction of sp³-hybridized carbons (Fsp3) is 0.643. The first-order valence-corrected chi connectivity index (χ1v) is 7.90. The second kappa shape index (κ2) is 7.61. The summed E-state index contributed by atoms with van der Waals surface area (Å²) in [6.45, 7) is 6.50. The molecule has 2 rings (SSSR count). The van der Waals surface area contributed by atoms with Gasteiger partial charge in [-0.25, -0.2) is 0 Å². The van der Waals surface area contributed by atoms with Crippen molar-refractivity contribution in [2.45, 2.75) is 25.9 Å². The van der Waals surface area contributed by atoms with Gasteiger partial charge in [-0.2, -0.15) is 0 Å². The highest BCUT2D eigenvalue weighted by Crippen LogP contribution is 2.23. The van der Waals surface area contributed by atoms with E-state index in [9.17, 15) is 0 Å². The Bertz CT molecular complexity index is 446. The van der Waals surface area contributed by atoms with Crippen LogP contribution in [0.4, 0.5) is 0 Å². The number of nitrogens with one attached hydrogen (secondary N) is 1. The molecule has 20 heavy (non-hydrogen) atoms. The Balaban J connectivity index is 1.71. The molecule has 1 aliphatic heterocycles. The largest absolute Gasteiger partial charge is 0.383 e. The molecule has 6 heteroatoms. The van der Waals surface area contributed by atoms with E-state index < -0.39 is 0 Å². The number of methoxy groups -OCH3 is 1. The van der Waals surface area contributed by atoms with Crippen LogP contribution in [-0.2, 0) is 17.7 Å². The summed E-state index contributed by atoms with van der Waals surface area (Å²) in [6, 6.07) is 2.42. The maximum Gasteiger partial charge on any atom is 0.188 e. The van der Waals surface area contributed by atoms with Crippen molar-refractivity contribution < 1.29 is 4.74 Å². The Labute approximate surface area is 124 Å². The van der Waals surface area contributed by atoms with E-state index >= 15 is 0 Å². The summed E-state index contributed by atoms with van der Waals surface area (Å²) in [5.74, 6) is 0.503. The van der Waals surface area contributed by atoms with Crippen LogP contribution < -0.4 is 11.1 Å². The number of rotatable bonds is 6. The van der Waals surface area contributed by atoms with Crippen molar-refractivity contribution in [1.29, 1.82) is 0 Å². The van der Waals surface area contributed by atoms with Crippen LogP contribution in [0.25, 0.3) is 0 Å². The topological polar surface area (TPSA) is 62.9 Å². The van der Waals surface area contributed by atoms with Crippen molar-refractivity contribution in [2.24, 2.45) is 10.7 Å². The van der Waals surface area contributed by atoms with E-state index in [4.69, 9.17) is 10.5 Å². The van der Waals surface area contributed by atoms with E-state index in [0.717, 1.165) is 32.6 Å². The summed E-state index contributed by atoms with van der Waals surface area (Å²) in [4.78, 5) is 8.35. The maximum atomic E-state index is 5.85. The van der Waals surface area contributed by atoms with Crippen molar-refractivity contribution >= 4 is 17.3 Å². The maximum absolute atomic E-state index is 5.85. The van der Waals surface area contributed by atoms with Crippen molar-refractivity contribution in [3.63, 3.8) is 0 Å². The Morgan fingerprint density at radius 3 is 3.30 bits per heavy atom. The predicted octanol–water partition coefficient (Wildman–Crippen LogP) is 1.05. The van der Waals surface area contributed by atoms with E-state index in [1.54, 1.807) is 12.0 Å². The molecule has 0 fully saturated rings. The summed E-state index contributed by atoms with van der Waals surface area (Å²) in [5.41, 5.74) is 7.32. The molecule has 0 aliphatic carbocycles. The summed E-state index contributed by atoms with van der Waals surface area (Å²) < 4.78 is 5.05. The highest BCUT2D eigenvalue weighted by atomic mass is 32.1. The molecule has 1 aromatic rings. The zero-order chi connectivity index (χ0) is 14.4. The molecule has 0 radical (unpaired) electrons. The third kappa shape index (κ3) is 4.47. The normalized spacial score (nSPS) is 17.8. The second-order valence-corrected chi connectivity index (χ2v) is 6.16. The molecule has 0 bridgehead atoms. The monoisotopic (exact) mass is 296 g/mol. The molecule has 112 valence electrons. The van der Waals surface area contributed by atoms with Crippen LogP contribution in [0.2, 0.25) is 0 Å². The third-order valence-corrected chi connectivity index (χ3v) is 4.42. The van der Waals surface area contributed by atoms with E-state index in [1.165, 1.54) is 5.56 Å². The quantitative estimate of drug-likeness (QED) is 0.608. The molecular weight excluding hydrogens is 272 g/mol. The van der Waals surface area contributed by atoms with Gasteiger partial charge in [-0.15, -0.1) is 11.3 Å². The van der Waals surface area contributed by atoms with Crippen LogP contribution in [-0.4, -0.2) is 50.3 Å². The first kappa shape index (κ1) is 15.3. The third-order valence-electron chi connectivity index (χ3n) is 3.40. The van der Waals surface area contributed by atoms with Gasteiger partial charge >= 0.3 is 0 Å². The molecule has 0 amide bonds. The number of aliphatic imine (C=N–C) groups is 1. The molecule has 0 aromatic carbocycles. The van der Waals surface area contributed by atoms with Gasteiger partial charge in [0, 0.05) is 37.7 Å². The molecule has 0 spiro atoms. The van der Waals surface area contributed by atoms with Gasteiger partial charge in [0.2, 0.25) is 0 Å². The van der Waals surface area contributed by atoms with Crippen molar-refractivity contribution in [3.8, 4) is 0 Å². The lowest BCUT2D eigenvalue weighted by Gasteiger charge is -2.26. The predicted molar refractivity (Wildman–Crippen MR) is 84.3 cm³/mol. The summed E-state index contributed by atoms with van der Waals surface area (Å²) in [5, 5.41) is 5.30. The van der Waals surface area contributed by atoms with Gasteiger partial charge in [0.25, 0.3) is 0 Å². The molecule has 3 N–H and O–H groups in total. The molecule has 1 aliphatic rings. The number of guanidine groups is 1. The lowest BCUT2D eigenvalue weighted by atomic mass is 10.1. The van der Waals surface area contributed by atoms with Crippen LogP contribution in [0.15, 0.2) is 16.4 Å². The highest BCUT2D eigenvalue weighted by Gasteiger charge is 2.16. The summed E-state index contributed by atoms with van der Waals surface area (Å²) >= 11 is 1.87. The minimum absolute atomic E-state index is 0.187. The van der Waals surface area contributed by atoms with Crippen LogP contribution >= 0.6 is 11.3 Å². The van der Waals surface area contributed by atoms with E-state index in [-0.39, 0.29) is 6.04 Å². The minimum atomic E-state index is 0.187. The molecule has 0 saturated carbocycles. The number of thiophene rings is 1. The number of nitrogens with two attached hydrogens (primary N) is 1. The standard InChI is InChI=1S/C14H24N4OS/c1-11(10-19-2)17-14(15)16-5-7-18-6-3-13-12(9-18)4-8-20-13/h4,8,11H,3,5-7,9-10H2,1-2H3,(H3,15,16,17). The fourth-order valence-corrected chi connectivity index (χ4v) is 3.29. The average Bonchev–Trinajstić information content (AvgIpc) is 2.86. The van der Waals surface area contributed by atoms with Gasteiger partial charge in [0.05, 0.1) is 13.2 Å². The van der Waals surface area contributed by atoms with Crippen molar-refractivity contribution in [1.82, 2.24) is 10.2 Å². The molecule has 5 nitrogen and oxygen atoms in total. The van der Waals surface area contributed by atoms with Crippen molar-refractivity contribution in [3.05, 3.63) is 21.9 Å². The minimum Gasteiger partial charge on any atom is -0.383 e. The molecule has 2 heterocycles. The van der Waals surface area contributed by atoms with E-state index in [0.29, 0.717) is 12.6 Å². The van der Waals surface area contributed by atoms with Crippen LogP contribution in [0, 0.1) is 0 Å². The van der Waals surface area contributed by atoms with Gasteiger partial charge in [-0.3, -0.25) is 9.89 Å². The number of hydrogen-bond donors (Lipinski definition) is 2. The second-order valence-electron chi connectivity index (χ2n) is 5.16. The Morgan fingerprint density at radius 1 is 1.65 bits per heavy atom.